The lowest BCUT2D eigenvalue weighted by Gasteiger charge is -2.16. The first-order valence-electron chi connectivity index (χ1n) is 9.61. The molecule has 0 amide bonds. The van der Waals surface area contributed by atoms with Crippen molar-refractivity contribution in [2.24, 2.45) is 0 Å². The Morgan fingerprint density at radius 3 is 2.85 bits per heavy atom. The number of fused-ring (bicyclic) bond motifs is 5. The van der Waals surface area contributed by atoms with Crippen molar-refractivity contribution in [3.05, 3.63) is 23.3 Å². The number of Topliss-reactive ketones (excluding diaryl/α,β-unsaturated/α-hetero) is 1. The molecule has 0 spiro atoms. The van der Waals surface area contributed by atoms with Gasteiger partial charge in [-0.1, -0.05) is 5.16 Å². The van der Waals surface area contributed by atoms with Crippen LogP contribution in [0.25, 0.3) is 22.3 Å². The molecule has 2 fully saturated rings. The number of carbonyl (C=O) groups excluding carboxylic acids is 1. The Morgan fingerprint density at radius 2 is 2.07 bits per heavy atom. The van der Waals surface area contributed by atoms with Gasteiger partial charge in [0.2, 0.25) is 0 Å². The Balaban J connectivity index is 1.70. The van der Waals surface area contributed by atoms with Gasteiger partial charge in [-0.2, -0.15) is 0 Å². The first-order valence-corrected chi connectivity index (χ1v) is 9.61. The number of nitrogens with one attached hydrogen (secondary N) is 1. The van der Waals surface area contributed by atoms with Crippen molar-refractivity contribution in [3.8, 4) is 11.3 Å². The van der Waals surface area contributed by atoms with E-state index in [0.29, 0.717) is 35.8 Å². The summed E-state index contributed by atoms with van der Waals surface area (Å²) in [5.74, 6) is 1.62. The smallest absolute Gasteiger partial charge is 0.169 e. The Hall–Kier alpha value is -2.74. The van der Waals surface area contributed by atoms with Crippen LogP contribution in [0, 0.1) is 0 Å². The van der Waals surface area contributed by atoms with E-state index in [2.05, 4.69) is 25.0 Å². The fraction of sp³-hybridized carbons (Fsp3) is 0.474. The lowest BCUT2D eigenvalue weighted by Crippen LogP contribution is -2.16. The summed E-state index contributed by atoms with van der Waals surface area (Å²) >= 11 is 0. The van der Waals surface area contributed by atoms with Gasteiger partial charge < -0.3 is 20.1 Å². The van der Waals surface area contributed by atoms with Crippen LogP contribution in [0.2, 0.25) is 0 Å². The zero-order valence-electron chi connectivity index (χ0n) is 14.9. The maximum absolute atomic E-state index is 13.0. The Labute approximate surface area is 155 Å². The van der Waals surface area contributed by atoms with Crippen LogP contribution in [-0.2, 0) is 6.42 Å². The van der Waals surface area contributed by atoms with Crippen molar-refractivity contribution in [3.63, 3.8) is 0 Å². The summed E-state index contributed by atoms with van der Waals surface area (Å²) in [7, 11) is 0. The number of nitrogens with zero attached hydrogens (tertiary/aromatic N) is 4. The van der Waals surface area contributed by atoms with E-state index in [-0.39, 0.29) is 11.8 Å². The zero-order valence-corrected chi connectivity index (χ0v) is 14.9. The van der Waals surface area contributed by atoms with Crippen molar-refractivity contribution >= 4 is 22.6 Å². The highest BCUT2D eigenvalue weighted by Gasteiger charge is 2.39. The van der Waals surface area contributed by atoms with Gasteiger partial charge in [0.25, 0.3) is 0 Å². The standard InChI is InChI=1S/C19H20N6O2/c20-18-15-13-11(25(10-5-6-21-7-10)19(15)23-8-22-18)3-4-12(26)14-16(13)24-27-17(14)9-1-2-9/h8-10,21H,1-7H2,(H2,20,22,23). The average molecular weight is 364 g/mol. The predicted octanol–water partition coefficient (Wildman–Crippen LogP) is 2.21. The molecule has 2 aliphatic carbocycles. The van der Waals surface area contributed by atoms with Crippen LogP contribution in [-0.4, -0.2) is 38.6 Å². The molecule has 4 heterocycles. The Bertz CT molecular complexity index is 1090. The molecule has 1 saturated carbocycles. The molecule has 0 radical (unpaired) electrons. The highest BCUT2D eigenvalue weighted by molar-refractivity contribution is 6.10. The third-order valence-corrected chi connectivity index (χ3v) is 6.08. The summed E-state index contributed by atoms with van der Waals surface area (Å²) in [6.45, 7) is 1.85. The average Bonchev–Trinajstić information content (AvgIpc) is 3.11. The van der Waals surface area contributed by atoms with Crippen molar-refractivity contribution in [2.45, 2.75) is 44.1 Å². The third kappa shape index (κ3) is 2.07. The molecular weight excluding hydrogens is 344 g/mol. The van der Waals surface area contributed by atoms with Crippen LogP contribution >= 0.6 is 0 Å². The second kappa shape index (κ2) is 5.39. The van der Waals surface area contributed by atoms with E-state index in [1.165, 1.54) is 6.33 Å². The molecule has 1 unspecified atom stereocenters. The molecule has 27 heavy (non-hydrogen) atoms. The van der Waals surface area contributed by atoms with Crippen LogP contribution in [0.1, 0.15) is 59.5 Å². The Morgan fingerprint density at radius 1 is 1.19 bits per heavy atom. The van der Waals surface area contributed by atoms with Gasteiger partial charge in [0.05, 0.1) is 10.9 Å². The number of nitrogens with two attached hydrogens (primary N) is 1. The fourth-order valence-corrected chi connectivity index (χ4v) is 4.68. The number of aromatic nitrogens is 4. The maximum Gasteiger partial charge on any atom is 0.169 e. The van der Waals surface area contributed by atoms with Crippen molar-refractivity contribution in [1.29, 1.82) is 0 Å². The minimum atomic E-state index is 0.115. The molecule has 138 valence electrons. The summed E-state index contributed by atoms with van der Waals surface area (Å²) in [5.41, 5.74) is 10.4. The van der Waals surface area contributed by atoms with Crippen LogP contribution in [0.3, 0.4) is 0 Å². The number of anilines is 1. The zero-order chi connectivity index (χ0) is 18.1. The second-order valence-corrected chi connectivity index (χ2v) is 7.76. The number of carbonyl (C=O) groups is 1. The van der Waals surface area contributed by atoms with E-state index in [9.17, 15) is 4.79 Å². The van der Waals surface area contributed by atoms with Crippen molar-refractivity contribution < 1.29 is 9.32 Å². The third-order valence-electron chi connectivity index (χ3n) is 6.08. The van der Waals surface area contributed by atoms with Gasteiger partial charge in [0, 0.05) is 36.2 Å². The molecule has 3 N–H and O–H groups in total. The number of hydrogen-bond acceptors (Lipinski definition) is 7. The van der Waals surface area contributed by atoms with Crippen LogP contribution in [0.5, 0.6) is 0 Å². The van der Waals surface area contributed by atoms with E-state index in [0.717, 1.165) is 60.4 Å². The van der Waals surface area contributed by atoms with E-state index in [1.54, 1.807) is 0 Å². The number of nitrogen functional groups attached to an aromatic ring is 1. The molecule has 1 aliphatic heterocycles. The monoisotopic (exact) mass is 364 g/mol. The number of hydrogen-bond donors (Lipinski definition) is 2. The van der Waals surface area contributed by atoms with Crippen LogP contribution in [0.4, 0.5) is 5.82 Å². The van der Waals surface area contributed by atoms with Crippen molar-refractivity contribution in [2.75, 3.05) is 18.8 Å². The molecule has 0 bridgehead atoms. The summed E-state index contributed by atoms with van der Waals surface area (Å²) in [6, 6.07) is 0.289. The Kier molecular flexibility index (Phi) is 3.06. The minimum absolute atomic E-state index is 0.115. The van der Waals surface area contributed by atoms with Gasteiger partial charge >= 0.3 is 0 Å². The van der Waals surface area contributed by atoms with Crippen molar-refractivity contribution in [1.82, 2.24) is 25.0 Å². The molecule has 8 heteroatoms. The van der Waals surface area contributed by atoms with Crippen LogP contribution in [0.15, 0.2) is 10.9 Å². The van der Waals surface area contributed by atoms with Gasteiger partial charge in [-0.05, 0) is 32.2 Å². The molecule has 3 aromatic heterocycles. The van der Waals surface area contributed by atoms with Gasteiger partial charge in [-0.25, -0.2) is 9.97 Å². The van der Waals surface area contributed by atoms with Crippen LogP contribution < -0.4 is 11.1 Å². The topological polar surface area (TPSA) is 112 Å². The minimum Gasteiger partial charge on any atom is -0.383 e. The van der Waals surface area contributed by atoms with Gasteiger partial charge in [0.15, 0.2) is 11.5 Å². The molecule has 8 nitrogen and oxygen atoms in total. The first-order chi connectivity index (χ1) is 13.2. The first kappa shape index (κ1) is 15.3. The van der Waals surface area contributed by atoms with Gasteiger partial charge in [-0.3, -0.25) is 4.79 Å². The summed E-state index contributed by atoms with van der Waals surface area (Å²) in [4.78, 5) is 21.8. The molecule has 3 aliphatic rings. The molecular formula is C19H20N6O2. The molecule has 1 atom stereocenters. The van der Waals surface area contributed by atoms with Gasteiger partial charge in [-0.15, -0.1) is 0 Å². The molecule has 1 saturated heterocycles. The quantitative estimate of drug-likeness (QED) is 0.717. The normalized spacial score (nSPS) is 22.1. The molecule has 3 aromatic rings. The second-order valence-electron chi connectivity index (χ2n) is 7.76. The van der Waals surface area contributed by atoms with E-state index < -0.39 is 0 Å². The lowest BCUT2D eigenvalue weighted by molar-refractivity contribution is 0.0981. The molecule has 0 aromatic carbocycles. The van der Waals surface area contributed by atoms with E-state index in [4.69, 9.17) is 10.3 Å². The highest BCUT2D eigenvalue weighted by Crippen LogP contribution is 2.48. The van der Waals surface area contributed by atoms with Gasteiger partial charge in [0.1, 0.15) is 23.5 Å². The number of ketones is 1. The fourth-order valence-electron chi connectivity index (χ4n) is 4.68. The SMILES string of the molecule is Nc1ncnc2c1c1c(n2C2CCNC2)CCC(=O)c2c-1noc2C1CC1. The summed E-state index contributed by atoms with van der Waals surface area (Å²) < 4.78 is 7.93. The summed E-state index contributed by atoms with van der Waals surface area (Å²) in [6.07, 6.45) is 5.75. The largest absolute Gasteiger partial charge is 0.383 e. The number of rotatable bonds is 2. The maximum atomic E-state index is 13.0. The lowest BCUT2D eigenvalue weighted by atomic mass is 10.0. The highest BCUT2D eigenvalue weighted by atomic mass is 16.5. The predicted molar refractivity (Wildman–Crippen MR) is 98.6 cm³/mol. The van der Waals surface area contributed by atoms with E-state index >= 15 is 0 Å². The van der Waals surface area contributed by atoms with E-state index in [1.807, 2.05) is 0 Å². The molecule has 6 rings (SSSR count). The summed E-state index contributed by atoms with van der Waals surface area (Å²) in [5, 5.41) is 8.58.